The van der Waals surface area contributed by atoms with Gasteiger partial charge in [-0.2, -0.15) is 0 Å². The summed E-state index contributed by atoms with van der Waals surface area (Å²) in [5.74, 6) is 0.767. The van der Waals surface area contributed by atoms with Gasteiger partial charge in [0.25, 0.3) is 0 Å². The van der Waals surface area contributed by atoms with Crippen molar-refractivity contribution in [2.75, 3.05) is 14.1 Å². The van der Waals surface area contributed by atoms with Crippen LogP contribution in [-0.2, 0) is 0 Å². The maximum Gasteiger partial charge on any atom is 0.0482 e. The Morgan fingerprint density at radius 3 is 2.30 bits per heavy atom. The summed E-state index contributed by atoms with van der Waals surface area (Å²) in [7, 11) is 4.39. The first-order chi connectivity index (χ1) is 9.35. The lowest BCUT2D eigenvalue weighted by Crippen LogP contribution is -2.54. The maximum absolute atomic E-state index is 6.76. The Labute approximate surface area is 124 Å². The molecular formula is C18H30N2. The number of aryl methyl sites for hydroxylation is 2. The Bertz CT molecular complexity index is 446. The molecule has 112 valence electrons. The predicted octanol–water partition coefficient (Wildman–Crippen LogP) is 3.81. The van der Waals surface area contributed by atoms with E-state index in [1.165, 1.54) is 42.4 Å². The number of hydrogen-bond acceptors (Lipinski definition) is 2. The van der Waals surface area contributed by atoms with Crippen LogP contribution in [0.4, 0.5) is 0 Å². The van der Waals surface area contributed by atoms with Crippen molar-refractivity contribution in [2.45, 2.75) is 58.0 Å². The van der Waals surface area contributed by atoms with E-state index >= 15 is 0 Å². The van der Waals surface area contributed by atoms with Crippen LogP contribution in [-0.4, -0.2) is 24.5 Å². The molecule has 0 heterocycles. The summed E-state index contributed by atoms with van der Waals surface area (Å²) in [6, 6.07) is 6.85. The molecule has 1 aromatic rings. The largest absolute Gasteiger partial charge is 0.322 e. The molecule has 1 aromatic carbocycles. The maximum atomic E-state index is 6.76. The van der Waals surface area contributed by atoms with E-state index in [-0.39, 0.29) is 11.6 Å². The minimum atomic E-state index is 0.0962. The van der Waals surface area contributed by atoms with Crippen molar-refractivity contribution in [1.29, 1.82) is 0 Å². The monoisotopic (exact) mass is 274 g/mol. The van der Waals surface area contributed by atoms with Gasteiger partial charge in [-0.15, -0.1) is 0 Å². The summed E-state index contributed by atoms with van der Waals surface area (Å²) >= 11 is 0. The van der Waals surface area contributed by atoms with E-state index in [4.69, 9.17) is 5.73 Å². The quantitative estimate of drug-likeness (QED) is 0.908. The molecule has 1 saturated carbocycles. The van der Waals surface area contributed by atoms with Gasteiger partial charge in [-0.25, -0.2) is 0 Å². The lowest BCUT2D eigenvalue weighted by molar-refractivity contribution is 0.0499. The summed E-state index contributed by atoms with van der Waals surface area (Å²) in [6.07, 6.45) is 5.04. The van der Waals surface area contributed by atoms with Gasteiger partial charge in [-0.3, -0.25) is 0 Å². The minimum absolute atomic E-state index is 0.0962. The molecule has 2 rings (SSSR count). The number of likely N-dealkylation sites (N-methyl/N-ethyl adjacent to an activating group) is 1. The number of benzene rings is 1. The lowest BCUT2D eigenvalue weighted by atomic mass is 9.69. The first-order valence-electron chi connectivity index (χ1n) is 7.86. The molecule has 3 unspecified atom stereocenters. The van der Waals surface area contributed by atoms with Gasteiger partial charge >= 0.3 is 0 Å². The Kier molecular flexibility index (Phi) is 4.55. The summed E-state index contributed by atoms with van der Waals surface area (Å²) in [4.78, 5) is 2.38. The van der Waals surface area contributed by atoms with Crippen molar-refractivity contribution in [3.8, 4) is 0 Å². The van der Waals surface area contributed by atoms with Crippen molar-refractivity contribution in [3.63, 3.8) is 0 Å². The fourth-order valence-corrected chi connectivity index (χ4v) is 4.03. The molecule has 2 N–H and O–H groups in total. The highest BCUT2D eigenvalue weighted by Gasteiger charge is 2.42. The van der Waals surface area contributed by atoms with Crippen LogP contribution in [0.1, 0.15) is 55.3 Å². The standard InChI is InChI=1S/C18H30N2/c1-13-7-6-8-18(12-13,20(4)5)17(19)16-10-14(2)9-15(3)11-16/h9-11,13,17H,6-8,12,19H2,1-5H3. The van der Waals surface area contributed by atoms with Crippen LogP contribution in [0.25, 0.3) is 0 Å². The summed E-state index contributed by atoms with van der Waals surface area (Å²) in [5, 5.41) is 0. The molecule has 2 nitrogen and oxygen atoms in total. The minimum Gasteiger partial charge on any atom is -0.322 e. The van der Waals surface area contributed by atoms with Gasteiger partial charge in [-0.1, -0.05) is 49.1 Å². The highest BCUT2D eigenvalue weighted by molar-refractivity contribution is 5.32. The molecule has 0 aromatic heterocycles. The van der Waals surface area contributed by atoms with Crippen LogP contribution in [0.3, 0.4) is 0 Å². The van der Waals surface area contributed by atoms with Crippen LogP contribution >= 0.6 is 0 Å². The zero-order valence-electron chi connectivity index (χ0n) is 13.7. The first kappa shape index (κ1) is 15.5. The second-order valence-corrected chi connectivity index (χ2v) is 7.10. The fraction of sp³-hybridized carbons (Fsp3) is 0.667. The molecule has 2 heteroatoms. The van der Waals surface area contributed by atoms with E-state index in [1.807, 2.05) is 0 Å². The Morgan fingerprint density at radius 1 is 1.20 bits per heavy atom. The molecule has 1 aliphatic carbocycles. The highest BCUT2D eigenvalue weighted by Crippen LogP contribution is 2.43. The SMILES string of the molecule is Cc1cc(C)cc(C(N)C2(N(C)C)CCCC(C)C2)c1. The van der Waals surface area contributed by atoms with Crippen LogP contribution < -0.4 is 5.73 Å². The zero-order valence-corrected chi connectivity index (χ0v) is 13.7. The lowest BCUT2D eigenvalue weighted by Gasteiger charge is -2.49. The van der Waals surface area contributed by atoms with Gasteiger partial charge < -0.3 is 10.6 Å². The zero-order chi connectivity index (χ0) is 14.9. The number of rotatable bonds is 3. The molecule has 3 atom stereocenters. The third kappa shape index (κ3) is 2.91. The van der Waals surface area contributed by atoms with E-state index < -0.39 is 0 Å². The smallest absolute Gasteiger partial charge is 0.0482 e. The topological polar surface area (TPSA) is 29.3 Å². The van der Waals surface area contributed by atoms with E-state index in [0.29, 0.717) is 0 Å². The molecule has 0 spiro atoms. The van der Waals surface area contributed by atoms with Crippen molar-refractivity contribution in [1.82, 2.24) is 4.90 Å². The van der Waals surface area contributed by atoms with Crippen molar-refractivity contribution in [2.24, 2.45) is 11.7 Å². The molecular weight excluding hydrogens is 244 g/mol. The fourth-order valence-electron chi connectivity index (χ4n) is 4.03. The predicted molar refractivity (Wildman–Crippen MR) is 86.9 cm³/mol. The summed E-state index contributed by atoms with van der Waals surface area (Å²) in [6.45, 7) is 6.69. The summed E-state index contributed by atoms with van der Waals surface area (Å²) in [5.41, 5.74) is 10.8. The van der Waals surface area contributed by atoms with Crippen molar-refractivity contribution >= 4 is 0 Å². The van der Waals surface area contributed by atoms with Crippen LogP contribution in [0, 0.1) is 19.8 Å². The van der Waals surface area contributed by atoms with Crippen LogP contribution in [0.5, 0.6) is 0 Å². The van der Waals surface area contributed by atoms with Gasteiger partial charge in [0, 0.05) is 11.6 Å². The Hall–Kier alpha value is -0.860. The van der Waals surface area contributed by atoms with E-state index in [0.717, 1.165) is 5.92 Å². The third-order valence-corrected chi connectivity index (χ3v) is 5.08. The summed E-state index contributed by atoms with van der Waals surface area (Å²) < 4.78 is 0. The number of nitrogens with zero attached hydrogens (tertiary/aromatic N) is 1. The van der Waals surface area contributed by atoms with Crippen LogP contribution in [0.2, 0.25) is 0 Å². The Balaban J connectivity index is 2.38. The molecule has 1 aliphatic rings. The van der Waals surface area contributed by atoms with Gasteiger partial charge in [0.2, 0.25) is 0 Å². The van der Waals surface area contributed by atoms with E-state index in [1.54, 1.807) is 0 Å². The van der Waals surface area contributed by atoms with Gasteiger partial charge in [0.1, 0.15) is 0 Å². The highest BCUT2D eigenvalue weighted by atomic mass is 15.2. The van der Waals surface area contributed by atoms with Gasteiger partial charge in [-0.05, 0) is 52.3 Å². The van der Waals surface area contributed by atoms with E-state index in [9.17, 15) is 0 Å². The first-order valence-corrected chi connectivity index (χ1v) is 7.86. The van der Waals surface area contributed by atoms with Gasteiger partial charge in [0.05, 0.1) is 0 Å². The average Bonchev–Trinajstić information content (AvgIpc) is 2.36. The van der Waals surface area contributed by atoms with Crippen LogP contribution in [0.15, 0.2) is 18.2 Å². The molecule has 0 aliphatic heterocycles. The Morgan fingerprint density at radius 2 is 1.80 bits per heavy atom. The van der Waals surface area contributed by atoms with Crippen molar-refractivity contribution in [3.05, 3.63) is 34.9 Å². The average molecular weight is 274 g/mol. The van der Waals surface area contributed by atoms with Crippen molar-refractivity contribution < 1.29 is 0 Å². The molecule has 1 fully saturated rings. The number of nitrogens with two attached hydrogens (primary N) is 1. The van der Waals surface area contributed by atoms with E-state index in [2.05, 4.69) is 58.0 Å². The number of hydrogen-bond donors (Lipinski definition) is 1. The second-order valence-electron chi connectivity index (χ2n) is 7.10. The molecule has 0 radical (unpaired) electrons. The van der Waals surface area contributed by atoms with Gasteiger partial charge in [0.15, 0.2) is 0 Å². The molecule has 0 saturated heterocycles. The third-order valence-electron chi connectivity index (χ3n) is 5.08. The molecule has 0 amide bonds. The molecule has 20 heavy (non-hydrogen) atoms. The normalized spacial score (nSPS) is 28.6. The second kappa shape index (κ2) is 5.87. The molecule has 0 bridgehead atoms.